The number of ether oxygens (including phenoxy) is 1. The highest BCUT2D eigenvalue weighted by atomic mass is 127. The summed E-state index contributed by atoms with van der Waals surface area (Å²) in [6, 6.07) is 9.76. The predicted octanol–water partition coefficient (Wildman–Crippen LogP) is 2.89. The van der Waals surface area contributed by atoms with Crippen LogP contribution in [-0.4, -0.2) is 16.6 Å². The second-order valence-corrected chi connectivity index (χ2v) is 5.56. The summed E-state index contributed by atoms with van der Waals surface area (Å²) in [5.41, 5.74) is 1.59. The molecule has 1 aromatic heterocycles. The maximum absolute atomic E-state index is 12.0. The van der Waals surface area contributed by atoms with E-state index in [1.807, 2.05) is 52.9 Å². The Morgan fingerprint density at radius 2 is 2.11 bits per heavy atom. The van der Waals surface area contributed by atoms with E-state index in [0.717, 1.165) is 30.7 Å². The van der Waals surface area contributed by atoms with Gasteiger partial charge in [-0.15, -0.1) is 0 Å². The number of aromatic amines is 1. The summed E-state index contributed by atoms with van der Waals surface area (Å²) in [4.78, 5) is 19.5. The normalized spacial score (nSPS) is 18.7. The molecule has 0 aliphatic carbocycles. The fraction of sp³-hybridized carbons (Fsp3) is 0.286. The lowest BCUT2D eigenvalue weighted by Gasteiger charge is -2.11. The third-order valence-corrected chi connectivity index (χ3v) is 4.16. The number of hydrogen-bond acceptors (Lipinski definition) is 3. The smallest absolute Gasteiger partial charge is 0.265 e. The third kappa shape index (κ3) is 2.57. The van der Waals surface area contributed by atoms with E-state index in [1.54, 1.807) is 0 Å². The number of hydrogen-bond donors (Lipinski definition) is 1. The minimum Gasteiger partial charge on any atom is -0.370 e. The zero-order valence-electron chi connectivity index (χ0n) is 10.2. The van der Waals surface area contributed by atoms with Crippen molar-refractivity contribution in [3.05, 3.63) is 50.1 Å². The first kappa shape index (κ1) is 12.8. The molecule has 1 aromatic carbocycles. The van der Waals surface area contributed by atoms with Crippen LogP contribution in [0.3, 0.4) is 0 Å². The molecule has 2 heterocycles. The molecule has 4 nitrogen and oxygen atoms in total. The highest BCUT2D eigenvalue weighted by Gasteiger charge is 2.22. The van der Waals surface area contributed by atoms with Crippen LogP contribution in [0.25, 0.3) is 11.3 Å². The maximum Gasteiger partial charge on any atom is 0.265 e. The largest absolute Gasteiger partial charge is 0.370 e. The van der Waals surface area contributed by atoms with Crippen molar-refractivity contribution in [3.63, 3.8) is 0 Å². The van der Waals surface area contributed by atoms with Gasteiger partial charge in [-0.1, -0.05) is 30.3 Å². The van der Waals surface area contributed by atoms with Crippen molar-refractivity contribution in [1.29, 1.82) is 0 Å². The lowest BCUT2D eigenvalue weighted by Crippen LogP contribution is -2.18. The highest BCUT2D eigenvalue weighted by molar-refractivity contribution is 14.1. The van der Waals surface area contributed by atoms with Gasteiger partial charge in [0.05, 0.1) is 5.69 Å². The zero-order valence-corrected chi connectivity index (χ0v) is 12.4. The van der Waals surface area contributed by atoms with E-state index < -0.39 is 0 Å². The Morgan fingerprint density at radius 1 is 1.32 bits per heavy atom. The van der Waals surface area contributed by atoms with Crippen molar-refractivity contribution in [3.8, 4) is 11.3 Å². The number of benzene rings is 1. The average Bonchev–Trinajstić information content (AvgIpc) is 2.97. The van der Waals surface area contributed by atoms with E-state index in [-0.39, 0.29) is 11.7 Å². The number of aromatic nitrogens is 2. The van der Waals surface area contributed by atoms with Gasteiger partial charge < -0.3 is 9.72 Å². The molecule has 19 heavy (non-hydrogen) atoms. The Labute approximate surface area is 124 Å². The van der Waals surface area contributed by atoms with Gasteiger partial charge in [0.25, 0.3) is 5.56 Å². The fourth-order valence-corrected chi connectivity index (χ4v) is 2.78. The second-order valence-electron chi connectivity index (χ2n) is 4.48. The monoisotopic (exact) mass is 368 g/mol. The molecule has 3 rings (SSSR count). The summed E-state index contributed by atoms with van der Waals surface area (Å²) in [5.74, 6) is 0.641. The second kappa shape index (κ2) is 5.42. The van der Waals surface area contributed by atoms with Crippen molar-refractivity contribution in [2.45, 2.75) is 18.9 Å². The van der Waals surface area contributed by atoms with E-state index in [1.165, 1.54) is 0 Å². The standard InChI is InChI=1S/C14H13IN2O2/c15-11-12(9-5-2-1-3-6-9)16-13(17-14(11)18)10-7-4-8-19-10/h1-3,5-6,10H,4,7-8H2,(H,16,17,18). The highest BCUT2D eigenvalue weighted by Crippen LogP contribution is 2.28. The van der Waals surface area contributed by atoms with Crippen molar-refractivity contribution in [1.82, 2.24) is 9.97 Å². The Hall–Kier alpha value is -1.21. The van der Waals surface area contributed by atoms with Crippen LogP contribution in [0.5, 0.6) is 0 Å². The van der Waals surface area contributed by atoms with Gasteiger partial charge in [0, 0.05) is 12.2 Å². The first-order chi connectivity index (χ1) is 9.25. The van der Waals surface area contributed by atoms with Gasteiger partial charge in [0.15, 0.2) is 0 Å². The molecular weight excluding hydrogens is 355 g/mol. The molecule has 1 N–H and O–H groups in total. The summed E-state index contributed by atoms with van der Waals surface area (Å²) in [6.45, 7) is 0.737. The van der Waals surface area contributed by atoms with Gasteiger partial charge in [-0.3, -0.25) is 4.79 Å². The van der Waals surface area contributed by atoms with Gasteiger partial charge in [-0.2, -0.15) is 0 Å². The minimum absolute atomic E-state index is 0.0767. The van der Waals surface area contributed by atoms with Crippen molar-refractivity contribution in [2.75, 3.05) is 6.61 Å². The lowest BCUT2D eigenvalue weighted by atomic mass is 10.1. The lowest BCUT2D eigenvalue weighted by molar-refractivity contribution is 0.105. The SMILES string of the molecule is O=c1[nH]c(C2CCCO2)nc(-c2ccccc2)c1I. The number of rotatable bonds is 2. The summed E-state index contributed by atoms with van der Waals surface area (Å²) in [6.07, 6.45) is 1.85. The Balaban J connectivity index is 2.11. The number of nitrogens with zero attached hydrogens (tertiary/aromatic N) is 1. The number of halogens is 1. The van der Waals surface area contributed by atoms with Gasteiger partial charge in [0.1, 0.15) is 15.5 Å². The molecule has 1 atom stereocenters. The van der Waals surface area contributed by atoms with E-state index >= 15 is 0 Å². The minimum atomic E-state index is -0.0973. The summed E-state index contributed by atoms with van der Waals surface area (Å²) >= 11 is 2.04. The molecule has 0 radical (unpaired) electrons. The third-order valence-electron chi connectivity index (χ3n) is 3.16. The van der Waals surface area contributed by atoms with Crippen LogP contribution in [0.2, 0.25) is 0 Å². The van der Waals surface area contributed by atoms with Gasteiger partial charge in [0.2, 0.25) is 0 Å². The van der Waals surface area contributed by atoms with Crippen molar-refractivity contribution >= 4 is 22.6 Å². The van der Waals surface area contributed by atoms with Crippen LogP contribution >= 0.6 is 22.6 Å². The van der Waals surface area contributed by atoms with E-state index in [2.05, 4.69) is 9.97 Å². The summed E-state index contributed by atoms with van der Waals surface area (Å²) in [5, 5.41) is 0. The van der Waals surface area contributed by atoms with Crippen molar-refractivity contribution < 1.29 is 4.74 Å². The molecule has 1 fully saturated rings. The summed E-state index contributed by atoms with van der Waals surface area (Å²) in [7, 11) is 0. The van der Waals surface area contributed by atoms with Crippen LogP contribution in [0, 0.1) is 3.57 Å². The van der Waals surface area contributed by atoms with Crippen LogP contribution < -0.4 is 5.56 Å². The van der Waals surface area contributed by atoms with Gasteiger partial charge in [-0.25, -0.2) is 4.98 Å². The van der Waals surface area contributed by atoms with Gasteiger partial charge in [-0.05, 0) is 35.4 Å². The average molecular weight is 368 g/mol. The predicted molar refractivity (Wildman–Crippen MR) is 80.9 cm³/mol. The molecule has 1 aliphatic heterocycles. The molecule has 98 valence electrons. The first-order valence-corrected chi connectivity index (χ1v) is 7.30. The van der Waals surface area contributed by atoms with E-state index in [9.17, 15) is 4.79 Å². The summed E-state index contributed by atoms with van der Waals surface area (Å²) < 4.78 is 6.21. The number of nitrogens with one attached hydrogen (secondary N) is 1. The quantitative estimate of drug-likeness (QED) is 0.830. The fourth-order valence-electron chi connectivity index (χ4n) is 2.21. The Morgan fingerprint density at radius 3 is 2.79 bits per heavy atom. The Kier molecular flexibility index (Phi) is 3.65. The zero-order chi connectivity index (χ0) is 13.2. The Bertz CT molecular complexity index is 634. The molecule has 0 amide bonds. The van der Waals surface area contributed by atoms with Crippen LogP contribution in [-0.2, 0) is 4.74 Å². The van der Waals surface area contributed by atoms with Gasteiger partial charge >= 0.3 is 0 Å². The van der Waals surface area contributed by atoms with Crippen LogP contribution in [0.15, 0.2) is 35.1 Å². The van der Waals surface area contributed by atoms with Crippen molar-refractivity contribution in [2.24, 2.45) is 0 Å². The maximum atomic E-state index is 12.0. The van der Waals surface area contributed by atoms with Crippen LogP contribution in [0.1, 0.15) is 24.8 Å². The molecule has 0 spiro atoms. The number of H-pyrrole nitrogens is 1. The molecule has 1 saturated heterocycles. The molecular formula is C14H13IN2O2. The topological polar surface area (TPSA) is 55.0 Å². The molecule has 0 bridgehead atoms. The van der Waals surface area contributed by atoms with E-state index in [4.69, 9.17) is 4.74 Å². The molecule has 1 unspecified atom stereocenters. The van der Waals surface area contributed by atoms with E-state index in [0.29, 0.717) is 9.39 Å². The molecule has 0 saturated carbocycles. The first-order valence-electron chi connectivity index (χ1n) is 6.22. The molecule has 1 aliphatic rings. The molecule has 2 aromatic rings. The molecule has 5 heteroatoms. The van der Waals surface area contributed by atoms with Crippen LogP contribution in [0.4, 0.5) is 0 Å².